The van der Waals surface area contributed by atoms with Crippen LogP contribution in [0.2, 0.25) is 0 Å². The molecule has 46 heavy (non-hydrogen) atoms. The number of nitrogens with zero attached hydrogens (tertiary/aromatic N) is 5. The molecule has 8 nitrogen and oxygen atoms in total. The third-order valence-corrected chi connectivity index (χ3v) is 8.81. The summed E-state index contributed by atoms with van der Waals surface area (Å²) in [6.45, 7) is 9.74. The second kappa shape index (κ2) is 13.2. The molecule has 0 aliphatic carbocycles. The molecule has 0 atom stereocenters. The lowest BCUT2D eigenvalue weighted by Crippen LogP contribution is -2.20. The number of aryl methyl sites for hydroxylation is 1. The van der Waals surface area contributed by atoms with E-state index in [4.69, 9.17) is 4.98 Å². The normalized spacial score (nSPS) is 13.6. The molecule has 1 aliphatic heterocycles. The first-order valence-electron chi connectivity index (χ1n) is 16.3. The lowest BCUT2D eigenvalue weighted by molar-refractivity contribution is 0.334. The predicted molar refractivity (Wildman–Crippen MR) is 184 cm³/mol. The number of nitrogens with one attached hydrogen (secondary N) is 3. The van der Waals surface area contributed by atoms with E-state index < -0.39 is 0 Å². The Morgan fingerprint density at radius 1 is 1.00 bits per heavy atom. The SMILES string of the molecule is C=C(CCCC)Nc1cncc(-c2ccc3[nH]nc(-c4nc5nccc(-c6cc(F)cc(CCCN7CCCC7)c6)c5[nH]4)c3c2)c1. The third-order valence-electron chi connectivity index (χ3n) is 8.81. The number of hydrogen-bond acceptors (Lipinski definition) is 6. The highest BCUT2D eigenvalue weighted by molar-refractivity contribution is 5.97. The van der Waals surface area contributed by atoms with Crippen LogP contribution < -0.4 is 5.32 Å². The Bertz CT molecular complexity index is 2000. The number of benzene rings is 2. The number of H-pyrrole nitrogens is 2. The van der Waals surface area contributed by atoms with Crippen molar-refractivity contribution in [3.05, 3.63) is 90.8 Å². The smallest absolute Gasteiger partial charge is 0.178 e. The van der Waals surface area contributed by atoms with Gasteiger partial charge in [-0.1, -0.05) is 32.1 Å². The van der Waals surface area contributed by atoms with Crippen molar-refractivity contribution in [3.63, 3.8) is 0 Å². The van der Waals surface area contributed by atoms with Crippen LogP contribution in [0.15, 0.2) is 79.4 Å². The summed E-state index contributed by atoms with van der Waals surface area (Å²) >= 11 is 0. The van der Waals surface area contributed by atoms with Gasteiger partial charge in [-0.3, -0.25) is 10.1 Å². The molecule has 9 heteroatoms. The first kappa shape index (κ1) is 29.8. The molecule has 7 rings (SSSR count). The number of likely N-dealkylation sites (tertiary alicyclic amines) is 1. The molecule has 0 bridgehead atoms. The van der Waals surface area contributed by atoms with Gasteiger partial charge in [0, 0.05) is 34.6 Å². The van der Waals surface area contributed by atoms with E-state index in [1.807, 2.05) is 24.5 Å². The van der Waals surface area contributed by atoms with Gasteiger partial charge in [-0.25, -0.2) is 14.4 Å². The molecule has 0 spiro atoms. The lowest BCUT2D eigenvalue weighted by Gasteiger charge is -2.14. The molecular weight excluding hydrogens is 575 g/mol. The number of fused-ring (bicyclic) bond motifs is 2. The number of rotatable bonds is 12. The van der Waals surface area contributed by atoms with Gasteiger partial charge < -0.3 is 15.2 Å². The Kier molecular flexibility index (Phi) is 8.57. The number of unbranched alkanes of at least 4 members (excludes halogenated alkanes) is 1. The van der Waals surface area contributed by atoms with Crippen molar-refractivity contribution in [3.8, 4) is 33.8 Å². The van der Waals surface area contributed by atoms with Crippen molar-refractivity contribution in [2.75, 3.05) is 25.0 Å². The summed E-state index contributed by atoms with van der Waals surface area (Å²) in [5, 5.41) is 12.1. The average molecular weight is 615 g/mol. The van der Waals surface area contributed by atoms with E-state index in [-0.39, 0.29) is 5.82 Å². The Morgan fingerprint density at radius 3 is 2.76 bits per heavy atom. The molecule has 6 aromatic rings. The molecule has 0 unspecified atom stereocenters. The van der Waals surface area contributed by atoms with E-state index >= 15 is 0 Å². The van der Waals surface area contributed by atoms with Gasteiger partial charge in [-0.05, 0) is 111 Å². The van der Waals surface area contributed by atoms with E-state index in [2.05, 4.69) is 73.1 Å². The van der Waals surface area contributed by atoms with E-state index in [1.165, 1.54) is 25.9 Å². The maximum atomic E-state index is 14.9. The first-order valence-corrected chi connectivity index (χ1v) is 16.3. The summed E-state index contributed by atoms with van der Waals surface area (Å²) in [6, 6.07) is 15.5. The number of imidazole rings is 1. The standard InChI is InChI=1S/C37H39FN8/c1-3-4-8-24(2)41-30-20-28(22-39-23-30)26-10-11-33-32(21-26)35(45-44-33)37-42-34-31(12-13-40-36(34)43-37)27-17-25(18-29(38)19-27)9-7-16-46-14-5-6-15-46/h10-13,17-23,41H,2-9,14-16H2,1H3,(H,44,45)(H,40,42,43). The zero-order valence-electron chi connectivity index (χ0n) is 26.2. The van der Waals surface area contributed by atoms with Crippen molar-refractivity contribution in [1.29, 1.82) is 0 Å². The Balaban J connectivity index is 1.17. The van der Waals surface area contributed by atoms with Gasteiger partial charge >= 0.3 is 0 Å². The molecule has 1 saturated heterocycles. The fourth-order valence-corrected chi connectivity index (χ4v) is 6.42. The van der Waals surface area contributed by atoms with Crippen molar-refractivity contribution in [2.45, 2.75) is 51.9 Å². The average Bonchev–Trinajstić information content (AvgIpc) is 3.83. The molecule has 4 aromatic heterocycles. The second-order valence-electron chi connectivity index (χ2n) is 12.3. The van der Waals surface area contributed by atoms with Gasteiger partial charge in [-0.2, -0.15) is 5.10 Å². The molecule has 0 radical (unpaired) electrons. The predicted octanol–water partition coefficient (Wildman–Crippen LogP) is 8.51. The topological polar surface area (TPSA) is 98.4 Å². The fourth-order valence-electron chi connectivity index (χ4n) is 6.42. The number of pyridine rings is 2. The molecule has 1 fully saturated rings. The Morgan fingerprint density at radius 2 is 1.89 bits per heavy atom. The quantitative estimate of drug-likeness (QED) is 0.128. The highest BCUT2D eigenvalue weighted by atomic mass is 19.1. The highest BCUT2D eigenvalue weighted by Crippen LogP contribution is 2.33. The minimum absolute atomic E-state index is 0.233. The van der Waals surface area contributed by atoms with Gasteiger partial charge in [0.25, 0.3) is 0 Å². The summed E-state index contributed by atoms with van der Waals surface area (Å²) in [6.07, 6.45) is 13.0. The van der Waals surface area contributed by atoms with Crippen LogP contribution in [0.4, 0.5) is 10.1 Å². The van der Waals surface area contributed by atoms with Gasteiger partial charge in [0.05, 0.1) is 22.9 Å². The lowest BCUT2D eigenvalue weighted by atomic mass is 10.0. The summed E-state index contributed by atoms with van der Waals surface area (Å²) in [5.41, 5.74) is 9.47. The van der Waals surface area contributed by atoms with Crippen LogP contribution in [-0.4, -0.2) is 54.7 Å². The summed E-state index contributed by atoms with van der Waals surface area (Å²) in [7, 11) is 0. The zero-order chi connectivity index (χ0) is 31.5. The van der Waals surface area contributed by atoms with Crippen molar-refractivity contribution >= 4 is 27.8 Å². The molecule has 1 aliphatic rings. The van der Waals surface area contributed by atoms with Crippen LogP contribution in [0, 0.1) is 5.82 Å². The second-order valence-corrected chi connectivity index (χ2v) is 12.3. The van der Waals surface area contributed by atoms with Crippen LogP contribution in [0.25, 0.3) is 55.8 Å². The number of hydrogen-bond donors (Lipinski definition) is 3. The summed E-state index contributed by atoms with van der Waals surface area (Å²) in [5.74, 6) is 0.365. The zero-order valence-corrected chi connectivity index (χ0v) is 26.2. The van der Waals surface area contributed by atoms with Crippen molar-refractivity contribution in [2.24, 2.45) is 0 Å². The molecule has 234 valence electrons. The van der Waals surface area contributed by atoms with E-state index in [0.29, 0.717) is 17.2 Å². The largest absolute Gasteiger partial charge is 0.358 e. The van der Waals surface area contributed by atoms with Gasteiger partial charge in [-0.15, -0.1) is 0 Å². The first-order chi connectivity index (χ1) is 22.5. The molecule has 3 N–H and O–H groups in total. The van der Waals surface area contributed by atoms with Gasteiger partial charge in [0.1, 0.15) is 11.5 Å². The van der Waals surface area contributed by atoms with Crippen LogP contribution in [0.5, 0.6) is 0 Å². The Hall–Kier alpha value is -4.89. The number of aromatic amines is 2. The number of halogens is 1. The van der Waals surface area contributed by atoms with E-state index in [0.717, 1.165) is 94.3 Å². The fraction of sp³-hybridized carbons (Fsp3) is 0.297. The number of anilines is 1. The molecule has 2 aromatic carbocycles. The van der Waals surface area contributed by atoms with Gasteiger partial charge in [0.15, 0.2) is 11.5 Å². The highest BCUT2D eigenvalue weighted by Gasteiger charge is 2.18. The van der Waals surface area contributed by atoms with E-state index in [1.54, 1.807) is 18.3 Å². The summed E-state index contributed by atoms with van der Waals surface area (Å²) < 4.78 is 14.9. The van der Waals surface area contributed by atoms with Crippen molar-refractivity contribution < 1.29 is 4.39 Å². The monoisotopic (exact) mass is 614 g/mol. The maximum Gasteiger partial charge on any atom is 0.178 e. The number of aromatic nitrogens is 6. The van der Waals surface area contributed by atoms with E-state index in [9.17, 15) is 4.39 Å². The molecule has 0 saturated carbocycles. The van der Waals surface area contributed by atoms with Crippen LogP contribution >= 0.6 is 0 Å². The minimum Gasteiger partial charge on any atom is -0.358 e. The third kappa shape index (κ3) is 6.41. The Labute approximate surface area is 268 Å². The van der Waals surface area contributed by atoms with Crippen LogP contribution in [0.3, 0.4) is 0 Å². The molecule has 5 heterocycles. The molecule has 0 amide bonds. The maximum absolute atomic E-state index is 14.9. The summed E-state index contributed by atoms with van der Waals surface area (Å²) in [4.78, 5) is 19.8. The molecular formula is C37H39FN8. The van der Waals surface area contributed by atoms with Crippen molar-refractivity contribution in [1.82, 2.24) is 35.0 Å². The minimum atomic E-state index is -0.233. The van der Waals surface area contributed by atoms with Crippen LogP contribution in [-0.2, 0) is 6.42 Å². The van der Waals surface area contributed by atoms with Crippen LogP contribution in [0.1, 0.15) is 51.0 Å². The van der Waals surface area contributed by atoms with Gasteiger partial charge in [0.2, 0.25) is 0 Å². The number of allylic oxidation sites excluding steroid dienone is 1.